The molecule has 0 spiro atoms. The summed E-state index contributed by atoms with van der Waals surface area (Å²) in [7, 11) is 1.36. The van der Waals surface area contributed by atoms with Crippen LogP contribution in [0.25, 0.3) is 0 Å². The van der Waals surface area contributed by atoms with Crippen molar-refractivity contribution in [1.29, 1.82) is 0 Å². The number of rotatable bonds is 3. The molecule has 0 aliphatic heterocycles. The molecule has 0 aliphatic rings. The summed E-state index contributed by atoms with van der Waals surface area (Å²) in [6.45, 7) is 0. The van der Waals surface area contributed by atoms with Crippen LogP contribution in [-0.4, -0.2) is 22.2 Å². The van der Waals surface area contributed by atoms with Crippen LogP contribution in [0.3, 0.4) is 0 Å². The van der Waals surface area contributed by atoms with Crippen molar-refractivity contribution < 1.29 is 23.0 Å². The van der Waals surface area contributed by atoms with Gasteiger partial charge in [-0.25, -0.2) is 9.97 Å². The standard InChI is InChI=1S/C13H11F3N2O2/c1-20-11-6-10(17-7-18-11)12(19)8-4-2-3-5-9(8)13(14,15)16/h2-7,12,19H,1H3. The predicted octanol–water partition coefficient (Wildman–Crippen LogP) is 2.59. The molecule has 0 saturated heterocycles. The van der Waals surface area contributed by atoms with E-state index in [1.165, 1.54) is 31.4 Å². The molecule has 106 valence electrons. The molecule has 4 nitrogen and oxygen atoms in total. The minimum absolute atomic E-state index is 0.0357. The highest BCUT2D eigenvalue weighted by Gasteiger charge is 2.35. The predicted molar refractivity (Wildman–Crippen MR) is 64.1 cm³/mol. The summed E-state index contributed by atoms with van der Waals surface area (Å²) in [5.41, 5.74) is -1.13. The van der Waals surface area contributed by atoms with Crippen LogP contribution in [-0.2, 0) is 6.18 Å². The molecule has 1 heterocycles. The van der Waals surface area contributed by atoms with E-state index in [4.69, 9.17) is 4.74 Å². The van der Waals surface area contributed by atoms with E-state index in [0.29, 0.717) is 0 Å². The molecule has 1 atom stereocenters. The highest BCUT2D eigenvalue weighted by atomic mass is 19.4. The van der Waals surface area contributed by atoms with Crippen LogP contribution in [0.1, 0.15) is 22.9 Å². The van der Waals surface area contributed by atoms with Crippen molar-refractivity contribution in [2.45, 2.75) is 12.3 Å². The minimum atomic E-state index is -4.55. The first-order valence-electron chi connectivity index (χ1n) is 5.63. The molecule has 2 aromatic rings. The van der Waals surface area contributed by atoms with Gasteiger partial charge in [-0.2, -0.15) is 13.2 Å². The first-order valence-corrected chi connectivity index (χ1v) is 5.63. The Bertz CT molecular complexity index is 602. The van der Waals surface area contributed by atoms with Gasteiger partial charge in [0.05, 0.1) is 18.4 Å². The van der Waals surface area contributed by atoms with Crippen molar-refractivity contribution in [2.24, 2.45) is 0 Å². The molecule has 0 radical (unpaired) electrons. The number of aromatic nitrogens is 2. The van der Waals surface area contributed by atoms with Crippen molar-refractivity contribution in [2.75, 3.05) is 7.11 Å². The third kappa shape index (κ3) is 2.88. The number of methoxy groups -OCH3 is 1. The number of hydrogen-bond donors (Lipinski definition) is 1. The maximum atomic E-state index is 12.9. The zero-order valence-electron chi connectivity index (χ0n) is 10.4. The van der Waals surface area contributed by atoms with Crippen LogP contribution in [0.5, 0.6) is 5.88 Å². The van der Waals surface area contributed by atoms with Crippen LogP contribution >= 0.6 is 0 Å². The Morgan fingerprint density at radius 1 is 1.20 bits per heavy atom. The zero-order chi connectivity index (χ0) is 14.8. The van der Waals surface area contributed by atoms with E-state index in [9.17, 15) is 18.3 Å². The van der Waals surface area contributed by atoms with E-state index in [1.54, 1.807) is 0 Å². The van der Waals surface area contributed by atoms with Gasteiger partial charge in [0.1, 0.15) is 12.4 Å². The second-order valence-corrected chi connectivity index (χ2v) is 3.97. The van der Waals surface area contributed by atoms with Gasteiger partial charge in [-0.1, -0.05) is 18.2 Å². The molecule has 1 N–H and O–H groups in total. The number of halogens is 3. The highest BCUT2D eigenvalue weighted by molar-refractivity contribution is 5.36. The van der Waals surface area contributed by atoms with Crippen LogP contribution in [0.15, 0.2) is 36.7 Å². The fraction of sp³-hybridized carbons (Fsp3) is 0.231. The summed E-state index contributed by atoms with van der Waals surface area (Å²) in [4.78, 5) is 7.52. The molecular weight excluding hydrogens is 273 g/mol. The van der Waals surface area contributed by atoms with Gasteiger partial charge in [0.25, 0.3) is 0 Å². The maximum absolute atomic E-state index is 12.9. The smallest absolute Gasteiger partial charge is 0.416 e. The van der Waals surface area contributed by atoms with Gasteiger partial charge in [-0.05, 0) is 11.6 Å². The lowest BCUT2D eigenvalue weighted by Gasteiger charge is -2.17. The van der Waals surface area contributed by atoms with Crippen molar-refractivity contribution in [3.05, 3.63) is 53.5 Å². The summed E-state index contributed by atoms with van der Waals surface area (Å²) in [6.07, 6.45) is -4.94. The Morgan fingerprint density at radius 2 is 1.90 bits per heavy atom. The average molecular weight is 284 g/mol. The zero-order valence-corrected chi connectivity index (χ0v) is 10.4. The number of aliphatic hydroxyl groups is 1. The Balaban J connectivity index is 2.45. The fourth-order valence-corrected chi connectivity index (χ4v) is 1.77. The fourth-order valence-electron chi connectivity index (χ4n) is 1.77. The van der Waals surface area contributed by atoms with E-state index in [2.05, 4.69) is 9.97 Å². The number of alkyl halides is 3. The van der Waals surface area contributed by atoms with E-state index in [-0.39, 0.29) is 17.1 Å². The average Bonchev–Trinajstić information content (AvgIpc) is 2.45. The Hall–Kier alpha value is -2.15. The number of hydrogen-bond acceptors (Lipinski definition) is 4. The molecule has 0 aliphatic carbocycles. The normalized spacial score (nSPS) is 13.1. The first-order chi connectivity index (χ1) is 9.43. The molecule has 0 amide bonds. The number of benzene rings is 1. The Kier molecular flexibility index (Phi) is 3.89. The number of aliphatic hydroxyl groups excluding tert-OH is 1. The summed E-state index contributed by atoms with van der Waals surface area (Å²) in [5.74, 6) is 0.165. The molecule has 1 aromatic carbocycles. The summed E-state index contributed by atoms with van der Waals surface area (Å²) in [6, 6.07) is 6.10. The minimum Gasteiger partial charge on any atom is -0.481 e. The molecule has 0 saturated carbocycles. The van der Waals surface area contributed by atoms with Crippen LogP contribution in [0.2, 0.25) is 0 Å². The lowest BCUT2D eigenvalue weighted by atomic mass is 9.99. The van der Waals surface area contributed by atoms with Crippen molar-refractivity contribution in [3.63, 3.8) is 0 Å². The van der Waals surface area contributed by atoms with Gasteiger partial charge in [0, 0.05) is 6.07 Å². The molecule has 7 heteroatoms. The monoisotopic (exact) mass is 284 g/mol. The Labute approximate surface area is 112 Å². The quantitative estimate of drug-likeness (QED) is 0.941. The number of ether oxygens (including phenoxy) is 1. The van der Waals surface area contributed by atoms with Gasteiger partial charge < -0.3 is 9.84 Å². The van der Waals surface area contributed by atoms with Crippen LogP contribution < -0.4 is 4.74 Å². The molecule has 1 aromatic heterocycles. The van der Waals surface area contributed by atoms with Crippen molar-refractivity contribution >= 4 is 0 Å². The SMILES string of the molecule is COc1cc(C(O)c2ccccc2C(F)(F)F)ncn1. The summed E-state index contributed by atoms with van der Waals surface area (Å²) < 4.78 is 43.6. The van der Waals surface area contributed by atoms with E-state index in [1.807, 2.05) is 0 Å². The maximum Gasteiger partial charge on any atom is 0.416 e. The molecule has 0 fully saturated rings. The highest BCUT2D eigenvalue weighted by Crippen LogP contribution is 2.36. The van der Waals surface area contributed by atoms with Crippen LogP contribution in [0.4, 0.5) is 13.2 Å². The number of nitrogens with zero attached hydrogens (tertiary/aromatic N) is 2. The topological polar surface area (TPSA) is 55.2 Å². The molecule has 1 unspecified atom stereocenters. The molecule has 2 rings (SSSR count). The lowest BCUT2D eigenvalue weighted by Crippen LogP contribution is -2.13. The van der Waals surface area contributed by atoms with Gasteiger partial charge in [0.2, 0.25) is 5.88 Å². The van der Waals surface area contributed by atoms with E-state index < -0.39 is 17.8 Å². The second kappa shape index (κ2) is 5.46. The van der Waals surface area contributed by atoms with Gasteiger partial charge in [-0.15, -0.1) is 0 Å². The molecule has 0 bridgehead atoms. The first kappa shape index (κ1) is 14.3. The third-order valence-electron chi connectivity index (χ3n) is 2.71. The van der Waals surface area contributed by atoms with Crippen molar-refractivity contribution in [3.8, 4) is 5.88 Å². The lowest BCUT2D eigenvalue weighted by molar-refractivity contribution is -0.139. The van der Waals surface area contributed by atoms with Gasteiger partial charge in [-0.3, -0.25) is 0 Å². The molecular formula is C13H11F3N2O2. The second-order valence-electron chi connectivity index (χ2n) is 3.97. The Morgan fingerprint density at radius 3 is 2.55 bits per heavy atom. The van der Waals surface area contributed by atoms with Gasteiger partial charge in [0.15, 0.2) is 0 Å². The van der Waals surface area contributed by atoms with Crippen molar-refractivity contribution in [1.82, 2.24) is 9.97 Å². The third-order valence-corrected chi connectivity index (χ3v) is 2.71. The molecule has 20 heavy (non-hydrogen) atoms. The van der Waals surface area contributed by atoms with Gasteiger partial charge >= 0.3 is 6.18 Å². The van der Waals surface area contributed by atoms with E-state index in [0.717, 1.165) is 12.4 Å². The summed E-state index contributed by atoms with van der Waals surface area (Å²) >= 11 is 0. The summed E-state index contributed by atoms with van der Waals surface area (Å²) in [5, 5.41) is 10.1. The van der Waals surface area contributed by atoms with Crippen LogP contribution in [0, 0.1) is 0 Å². The largest absolute Gasteiger partial charge is 0.481 e. The van der Waals surface area contributed by atoms with E-state index >= 15 is 0 Å².